The van der Waals surface area contributed by atoms with Crippen LogP contribution < -0.4 is 4.74 Å². The first kappa shape index (κ1) is 16.6. The normalized spacial score (nSPS) is 12.1. The summed E-state index contributed by atoms with van der Waals surface area (Å²) in [5, 5.41) is 3.29. The highest BCUT2D eigenvalue weighted by Crippen LogP contribution is 2.40. The van der Waals surface area contributed by atoms with E-state index in [0.29, 0.717) is 30.8 Å². The lowest BCUT2D eigenvalue weighted by atomic mass is 9.98. The summed E-state index contributed by atoms with van der Waals surface area (Å²) in [6.45, 7) is 6.27. The minimum atomic E-state index is -4.52. The Balaban J connectivity index is 2.75. The molecule has 0 atom stereocenters. The summed E-state index contributed by atoms with van der Waals surface area (Å²) in [7, 11) is 0. The summed E-state index contributed by atoms with van der Waals surface area (Å²) in [6, 6.07) is 1.52. The summed E-state index contributed by atoms with van der Waals surface area (Å²) >= 11 is 0. The van der Waals surface area contributed by atoms with Crippen LogP contribution in [0.1, 0.15) is 50.4 Å². The number of hydrogen-bond acceptors (Lipinski definition) is 3. The van der Waals surface area contributed by atoms with Crippen LogP contribution in [-0.4, -0.2) is 11.8 Å². The number of aromatic nitrogens is 1. The van der Waals surface area contributed by atoms with E-state index in [1.54, 1.807) is 0 Å². The summed E-state index contributed by atoms with van der Waals surface area (Å²) < 4.78 is 50.0. The third kappa shape index (κ3) is 3.05. The van der Waals surface area contributed by atoms with Gasteiger partial charge in [-0.2, -0.15) is 13.2 Å². The minimum absolute atomic E-state index is 0.0304. The summed E-state index contributed by atoms with van der Waals surface area (Å²) in [5.41, 5.74) is 0.708. The Morgan fingerprint density at radius 1 is 1.14 bits per heavy atom. The van der Waals surface area contributed by atoms with Crippen LogP contribution in [0.4, 0.5) is 13.2 Å². The lowest BCUT2D eigenvalue weighted by Gasteiger charge is -2.15. The second-order valence-electron chi connectivity index (χ2n) is 5.18. The van der Waals surface area contributed by atoms with E-state index >= 15 is 0 Å². The van der Waals surface area contributed by atoms with Crippen LogP contribution in [0.5, 0.6) is 5.75 Å². The fraction of sp³-hybridized carbons (Fsp3) is 0.562. The monoisotopic (exact) mass is 315 g/mol. The molecule has 1 aromatic carbocycles. The van der Waals surface area contributed by atoms with Crippen LogP contribution in [0.3, 0.4) is 0 Å². The zero-order valence-corrected chi connectivity index (χ0v) is 13.0. The van der Waals surface area contributed by atoms with Crippen LogP contribution in [0.2, 0.25) is 0 Å². The zero-order valence-electron chi connectivity index (χ0n) is 13.0. The molecule has 0 radical (unpaired) electrons. The van der Waals surface area contributed by atoms with Crippen LogP contribution in [0, 0.1) is 0 Å². The molecule has 0 aliphatic rings. The summed E-state index contributed by atoms with van der Waals surface area (Å²) in [6.07, 6.45) is -1.66. The molecule has 0 saturated heterocycles. The number of ether oxygens (including phenoxy) is 1. The largest absolute Gasteiger partial charge is 0.493 e. The first-order valence-corrected chi connectivity index (χ1v) is 7.58. The second kappa shape index (κ2) is 6.58. The van der Waals surface area contributed by atoms with Crippen molar-refractivity contribution < 1.29 is 22.4 Å². The number of alkyl halides is 3. The summed E-state index contributed by atoms with van der Waals surface area (Å²) in [5.74, 6) is 0.656. The third-order valence-corrected chi connectivity index (χ3v) is 3.46. The van der Waals surface area contributed by atoms with Gasteiger partial charge < -0.3 is 9.26 Å². The molecular weight excluding hydrogens is 295 g/mol. The Labute approximate surface area is 127 Å². The highest BCUT2D eigenvalue weighted by atomic mass is 19.4. The van der Waals surface area contributed by atoms with Gasteiger partial charge in [-0.05, 0) is 31.4 Å². The van der Waals surface area contributed by atoms with E-state index in [9.17, 15) is 13.2 Å². The Morgan fingerprint density at radius 3 is 2.36 bits per heavy atom. The molecular formula is C16H20F3NO2. The SMILES string of the molecule is CCCc1cc2c(C(F)(F)F)noc2c(CCC)c1OCC. The maximum atomic E-state index is 13.1. The molecule has 0 aliphatic heterocycles. The smallest absolute Gasteiger partial charge is 0.437 e. The van der Waals surface area contributed by atoms with E-state index < -0.39 is 11.9 Å². The zero-order chi connectivity index (χ0) is 16.3. The van der Waals surface area contributed by atoms with Gasteiger partial charge in [0.15, 0.2) is 11.3 Å². The van der Waals surface area contributed by atoms with Gasteiger partial charge in [-0.25, -0.2) is 0 Å². The molecule has 0 N–H and O–H groups in total. The molecule has 0 bridgehead atoms. The van der Waals surface area contributed by atoms with Crippen LogP contribution in [-0.2, 0) is 19.0 Å². The van der Waals surface area contributed by atoms with E-state index in [-0.39, 0.29) is 11.0 Å². The number of nitrogens with zero attached hydrogens (tertiary/aromatic N) is 1. The van der Waals surface area contributed by atoms with E-state index in [1.165, 1.54) is 6.07 Å². The number of benzene rings is 1. The van der Waals surface area contributed by atoms with Crippen molar-refractivity contribution in [3.8, 4) is 5.75 Å². The quantitative estimate of drug-likeness (QED) is 0.739. The molecule has 2 aromatic rings. The molecule has 0 fully saturated rings. The predicted molar refractivity (Wildman–Crippen MR) is 78.2 cm³/mol. The molecule has 3 nitrogen and oxygen atoms in total. The van der Waals surface area contributed by atoms with Crippen molar-refractivity contribution >= 4 is 11.0 Å². The third-order valence-electron chi connectivity index (χ3n) is 3.46. The molecule has 0 saturated carbocycles. The minimum Gasteiger partial charge on any atom is -0.493 e. The number of halogens is 3. The molecule has 1 aromatic heterocycles. The van der Waals surface area contributed by atoms with Gasteiger partial charge in [-0.15, -0.1) is 0 Å². The maximum Gasteiger partial charge on any atom is 0.437 e. The highest BCUT2D eigenvalue weighted by molar-refractivity contribution is 5.86. The highest BCUT2D eigenvalue weighted by Gasteiger charge is 2.38. The second-order valence-corrected chi connectivity index (χ2v) is 5.18. The van der Waals surface area contributed by atoms with Gasteiger partial charge in [0, 0.05) is 5.56 Å². The van der Waals surface area contributed by atoms with E-state index in [2.05, 4.69) is 5.16 Å². The van der Waals surface area contributed by atoms with Crippen molar-refractivity contribution in [2.24, 2.45) is 0 Å². The van der Waals surface area contributed by atoms with Gasteiger partial charge in [0.05, 0.1) is 12.0 Å². The maximum absolute atomic E-state index is 13.1. The Morgan fingerprint density at radius 2 is 1.82 bits per heavy atom. The van der Waals surface area contributed by atoms with Gasteiger partial charge in [-0.1, -0.05) is 31.8 Å². The lowest BCUT2D eigenvalue weighted by Crippen LogP contribution is -2.07. The van der Waals surface area contributed by atoms with E-state index in [4.69, 9.17) is 9.26 Å². The van der Waals surface area contributed by atoms with Crippen molar-refractivity contribution in [2.45, 2.75) is 52.6 Å². The number of aryl methyl sites for hydroxylation is 2. The van der Waals surface area contributed by atoms with Gasteiger partial charge in [0.25, 0.3) is 0 Å². The first-order valence-electron chi connectivity index (χ1n) is 7.58. The summed E-state index contributed by atoms with van der Waals surface area (Å²) in [4.78, 5) is 0. The average molecular weight is 315 g/mol. The molecule has 0 spiro atoms. The molecule has 0 amide bonds. The van der Waals surface area contributed by atoms with Crippen molar-refractivity contribution in [1.29, 1.82) is 0 Å². The molecule has 6 heteroatoms. The first-order chi connectivity index (χ1) is 10.4. The van der Waals surface area contributed by atoms with Crippen molar-refractivity contribution in [3.05, 3.63) is 22.9 Å². The fourth-order valence-electron chi connectivity index (χ4n) is 2.65. The van der Waals surface area contributed by atoms with E-state index in [0.717, 1.165) is 18.4 Å². The van der Waals surface area contributed by atoms with Crippen molar-refractivity contribution in [2.75, 3.05) is 6.61 Å². The van der Waals surface area contributed by atoms with Crippen molar-refractivity contribution in [1.82, 2.24) is 5.16 Å². The number of rotatable bonds is 6. The number of fused-ring (bicyclic) bond motifs is 1. The lowest BCUT2D eigenvalue weighted by molar-refractivity contribution is -0.141. The molecule has 1 heterocycles. The standard InChI is InChI=1S/C16H20F3NO2/c1-4-7-10-9-12-14(22-20-15(12)16(17,18)19)11(8-5-2)13(10)21-6-3/h9H,4-8H2,1-3H3. The Bertz CT molecular complexity index is 647. The van der Waals surface area contributed by atoms with E-state index in [1.807, 2.05) is 20.8 Å². The molecule has 0 unspecified atom stereocenters. The van der Waals surface area contributed by atoms with Crippen LogP contribution >= 0.6 is 0 Å². The topological polar surface area (TPSA) is 35.3 Å². The van der Waals surface area contributed by atoms with Crippen LogP contribution in [0.15, 0.2) is 10.6 Å². The molecule has 0 aliphatic carbocycles. The van der Waals surface area contributed by atoms with Gasteiger partial charge >= 0.3 is 6.18 Å². The Hall–Kier alpha value is -1.72. The van der Waals surface area contributed by atoms with Gasteiger partial charge in [-0.3, -0.25) is 0 Å². The molecule has 122 valence electrons. The van der Waals surface area contributed by atoms with Crippen molar-refractivity contribution in [3.63, 3.8) is 0 Å². The fourth-order valence-corrected chi connectivity index (χ4v) is 2.65. The molecule has 22 heavy (non-hydrogen) atoms. The van der Waals surface area contributed by atoms with Crippen LogP contribution in [0.25, 0.3) is 11.0 Å². The average Bonchev–Trinajstić information content (AvgIpc) is 2.86. The Kier molecular flexibility index (Phi) is 4.98. The number of hydrogen-bond donors (Lipinski definition) is 0. The van der Waals surface area contributed by atoms with Gasteiger partial charge in [0.2, 0.25) is 0 Å². The predicted octanol–water partition coefficient (Wildman–Crippen LogP) is 5.15. The van der Waals surface area contributed by atoms with Gasteiger partial charge in [0.1, 0.15) is 5.75 Å². The molecule has 2 rings (SSSR count).